The maximum atomic E-state index is 16.5. The Morgan fingerprint density at radius 3 is 2.54 bits per heavy atom. The minimum atomic E-state index is -2.76. The van der Waals surface area contributed by atoms with Crippen LogP contribution in [0.5, 0.6) is 0 Å². The van der Waals surface area contributed by atoms with Crippen molar-refractivity contribution in [2.75, 3.05) is 56.0 Å². The molecule has 15 heteroatoms. The Morgan fingerprint density at radius 1 is 1.00 bits per heavy atom. The van der Waals surface area contributed by atoms with Crippen LogP contribution in [0.3, 0.4) is 0 Å². The van der Waals surface area contributed by atoms with Crippen molar-refractivity contribution in [3.05, 3.63) is 81.9 Å². The average Bonchev–Trinajstić information content (AvgIpc) is 3.31. The number of piperazine rings is 1. The van der Waals surface area contributed by atoms with Crippen LogP contribution in [0.15, 0.2) is 42.7 Å². The highest BCUT2D eigenvalue weighted by Crippen LogP contribution is 2.45. The van der Waals surface area contributed by atoms with Crippen molar-refractivity contribution >= 4 is 35.2 Å². The number of urea groups is 1. The number of carbonyl (C=O) groups excluding carboxylic acids is 2. The number of amides is 3. The summed E-state index contributed by atoms with van der Waals surface area (Å²) in [4.78, 5) is 40.8. The van der Waals surface area contributed by atoms with Gasteiger partial charge in [-0.1, -0.05) is 23.7 Å². The lowest BCUT2D eigenvalue weighted by atomic mass is 9.71. The molecule has 0 spiro atoms. The van der Waals surface area contributed by atoms with Crippen molar-refractivity contribution in [3.8, 4) is 0 Å². The average molecular weight is 662 g/mol. The van der Waals surface area contributed by atoms with Gasteiger partial charge in [0.25, 0.3) is 11.8 Å². The summed E-state index contributed by atoms with van der Waals surface area (Å²) < 4.78 is 74.6. The number of rotatable bonds is 4. The molecule has 0 aliphatic carbocycles. The van der Waals surface area contributed by atoms with E-state index in [1.54, 1.807) is 14.7 Å². The van der Waals surface area contributed by atoms with E-state index in [1.807, 2.05) is 0 Å². The van der Waals surface area contributed by atoms with Crippen molar-refractivity contribution in [1.82, 2.24) is 24.7 Å². The quantitative estimate of drug-likeness (QED) is 0.407. The van der Waals surface area contributed by atoms with Gasteiger partial charge in [-0.3, -0.25) is 14.6 Å². The number of carbonyl (C=O) groups is 2. The molecule has 3 aromatic rings. The Labute approximate surface area is 265 Å². The number of hydrogen-bond acceptors (Lipinski definition) is 6. The number of anilines is 2. The predicted molar refractivity (Wildman–Crippen MR) is 159 cm³/mol. The SMILES string of the molecule is C[C@]1(c2cccc(Cl)c2F)CN(c2ncccc2F)C(=O)c2cnc(NC3CN(C(=O)N4CCN5CC(F)(F)C[C@@H]5C4)C3)c(F)c21. The first-order valence-corrected chi connectivity index (χ1v) is 15.2. The van der Waals surface area contributed by atoms with E-state index < -0.39 is 40.7 Å². The van der Waals surface area contributed by atoms with E-state index in [0.29, 0.717) is 13.1 Å². The normalized spacial score (nSPS) is 24.5. The molecule has 1 N–H and O–H groups in total. The van der Waals surface area contributed by atoms with Crippen molar-refractivity contribution in [1.29, 1.82) is 0 Å². The summed E-state index contributed by atoms with van der Waals surface area (Å²) >= 11 is 6.11. The molecule has 0 saturated carbocycles. The molecule has 6 heterocycles. The zero-order valence-corrected chi connectivity index (χ0v) is 25.4. The van der Waals surface area contributed by atoms with Crippen LogP contribution in [-0.2, 0) is 5.41 Å². The third kappa shape index (κ3) is 5.02. The number of fused-ring (bicyclic) bond motifs is 2. The number of nitrogens with zero attached hydrogens (tertiary/aromatic N) is 6. The topological polar surface area (TPSA) is 84.9 Å². The van der Waals surface area contributed by atoms with Gasteiger partial charge in [0.1, 0.15) is 5.82 Å². The lowest BCUT2D eigenvalue weighted by Crippen LogP contribution is -2.63. The lowest BCUT2D eigenvalue weighted by Gasteiger charge is -2.45. The van der Waals surface area contributed by atoms with Crippen LogP contribution in [0.4, 0.5) is 38.4 Å². The number of pyridine rings is 2. The van der Waals surface area contributed by atoms with Crippen molar-refractivity contribution < 1.29 is 31.5 Å². The van der Waals surface area contributed by atoms with Gasteiger partial charge in [0.05, 0.1) is 23.2 Å². The molecule has 46 heavy (non-hydrogen) atoms. The standard InChI is InChI=1S/C31H29ClF5N7O2/c1-30(20-4-2-5-21(32)24(20)34)15-44(27-22(33)6-3-7-38-27)28(45)19-11-39-26(25(35)23(19)30)40-17-12-43(13-17)29(46)41-8-9-42-16-31(36,37)10-18(42)14-41/h2-7,11,17-18H,8-10,12-16H2,1H3,(H,39,40)/t18-,30-/m1/s1. The van der Waals surface area contributed by atoms with Gasteiger partial charge in [-0.15, -0.1) is 0 Å². The van der Waals surface area contributed by atoms with Crippen LogP contribution in [0.25, 0.3) is 0 Å². The van der Waals surface area contributed by atoms with Gasteiger partial charge in [-0.05, 0) is 25.1 Å². The zero-order chi connectivity index (χ0) is 32.5. The summed E-state index contributed by atoms with van der Waals surface area (Å²) in [5, 5.41) is 2.79. The highest BCUT2D eigenvalue weighted by Gasteiger charge is 2.49. The first kappa shape index (κ1) is 30.6. The highest BCUT2D eigenvalue weighted by atomic mass is 35.5. The fraction of sp³-hybridized carbons (Fsp3) is 0.419. The second kappa shape index (κ2) is 11.0. The zero-order valence-electron chi connectivity index (χ0n) is 24.6. The van der Waals surface area contributed by atoms with Gasteiger partial charge in [-0.2, -0.15) is 0 Å². The fourth-order valence-electron chi connectivity index (χ4n) is 7.09. The molecule has 0 bridgehead atoms. The van der Waals surface area contributed by atoms with Crippen molar-refractivity contribution in [2.45, 2.75) is 36.8 Å². The van der Waals surface area contributed by atoms with Crippen LogP contribution >= 0.6 is 11.6 Å². The molecule has 1 aromatic carbocycles. The van der Waals surface area contributed by atoms with Crippen molar-refractivity contribution in [3.63, 3.8) is 0 Å². The maximum absolute atomic E-state index is 16.5. The van der Waals surface area contributed by atoms with E-state index in [-0.39, 0.29) is 84.6 Å². The number of halogens is 6. The Hall–Kier alpha value is -4.04. The number of benzene rings is 1. The Bertz CT molecular complexity index is 1740. The third-order valence-corrected chi connectivity index (χ3v) is 9.69. The maximum Gasteiger partial charge on any atom is 0.320 e. The lowest BCUT2D eigenvalue weighted by molar-refractivity contribution is 0.0121. The Morgan fingerprint density at radius 2 is 1.78 bits per heavy atom. The van der Waals surface area contributed by atoms with Gasteiger partial charge in [0.2, 0.25) is 0 Å². The van der Waals surface area contributed by atoms with Gasteiger partial charge in [-0.25, -0.2) is 36.7 Å². The summed E-state index contributed by atoms with van der Waals surface area (Å²) in [6, 6.07) is 5.72. The van der Waals surface area contributed by atoms with Gasteiger partial charge in [0, 0.05) is 80.7 Å². The molecular weight excluding hydrogens is 633 g/mol. The first-order chi connectivity index (χ1) is 21.9. The molecule has 3 amide bonds. The summed E-state index contributed by atoms with van der Waals surface area (Å²) in [5.74, 6) is -6.49. The van der Waals surface area contributed by atoms with E-state index in [0.717, 1.165) is 17.2 Å². The number of hydrogen-bond donors (Lipinski definition) is 1. The van der Waals surface area contributed by atoms with Gasteiger partial charge < -0.3 is 15.1 Å². The molecule has 4 aliphatic heterocycles. The van der Waals surface area contributed by atoms with E-state index in [4.69, 9.17) is 11.6 Å². The fourth-order valence-corrected chi connectivity index (χ4v) is 7.27. The predicted octanol–water partition coefficient (Wildman–Crippen LogP) is 4.76. The molecule has 3 fully saturated rings. The molecule has 3 saturated heterocycles. The van der Waals surface area contributed by atoms with Crippen molar-refractivity contribution in [2.24, 2.45) is 0 Å². The number of alkyl halides is 2. The van der Waals surface area contributed by atoms with Crippen LogP contribution in [-0.4, -0.2) is 100 Å². The second-order valence-corrected chi connectivity index (χ2v) is 12.9. The van der Waals surface area contributed by atoms with Crippen LogP contribution in [0, 0.1) is 17.5 Å². The molecule has 2 aromatic heterocycles. The largest absolute Gasteiger partial charge is 0.361 e. The van der Waals surface area contributed by atoms with E-state index in [2.05, 4.69) is 15.3 Å². The summed E-state index contributed by atoms with van der Waals surface area (Å²) in [5.41, 5.74) is -1.89. The first-order valence-electron chi connectivity index (χ1n) is 14.8. The Balaban J connectivity index is 1.14. The third-order valence-electron chi connectivity index (χ3n) is 9.40. The Kier molecular flexibility index (Phi) is 7.35. The van der Waals surface area contributed by atoms with Gasteiger partial charge in [0.15, 0.2) is 23.3 Å². The summed E-state index contributed by atoms with van der Waals surface area (Å²) in [6.45, 7) is 2.26. The molecule has 0 radical (unpaired) electrons. The van der Waals surface area contributed by atoms with E-state index in [1.165, 1.54) is 37.4 Å². The molecular formula is C31H29ClF5N7O2. The second-order valence-electron chi connectivity index (χ2n) is 12.5. The van der Waals surface area contributed by atoms with Gasteiger partial charge >= 0.3 is 6.03 Å². The number of aromatic nitrogens is 2. The molecule has 7 rings (SSSR count). The molecule has 2 atom stereocenters. The van der Waals surface area contributed by atoms with Crippen LogP contribution in [0.1, 0.15) is 34.8 Å². The van der Waals surface area contributed by atoms with Crippen LogP contribution in [0.2, 0.25) is 5.02 Å². The van der Waals surface area contributed by atoms with E-state index >= 15 is 8.78 Å². The molecule has 0 unspecified atom stereocenters. The van der Waals surface area contributed by atoms with E-state index in [9.17, 15) is 22.8 Å². The molecule has 242 valence electrons. The molecule has 9 nitrogen and oxygen atoms in total. The monoisotopic (exact) mass is 661 g/mol. The summed E-state index contributed by atoms with van der Waals surface area (Å²) in [7, 11) is 0. The highest BCUT2D eigenvalue weighted by molar-refractivity contribution is 6.30. The van der Waals surface area contributed by atoms with Crippen LogP contribution < -0.4 is 10.2 Å². The number of nitrogens with one attached hydrogen (secondary N) is 1. The molecule has 4 aliphatic rings. The smallest absolute Gasteiger partial charge is 0.320 e. The number of likely N-dealkylation sites (tertiary alicyclic amines) is 1. The summed E-state index contributed by atoms with van der Waals surface area (Å²) in [6.07, 6.45) is 2.19. The minimum absolute atomic E-state index is 0.00771. The minimum Gasteiger partial charge on any atom is -0.361 e.